The summed E-state index contributed by atoms with van der Waals surface area (Å²) in [5, 5.41) is 0. The largest absolute Gasteiger partial charge is 0.0619 e. The van der Waals surface area contributed by atoms with Crippen molar-refractivity contribution in [3.63, 3.8) is 0 Å². The van der Waals surface area contributed by atoms with Gasteiger partial charge in [0.1, 0.15) is 0 Å². The van der Waals surface area contributed by atoms with Gasteiger partial charge < -0.3 is 0 Å². The van der Waals surface area contributed by atoms with Gasteiger partial charge in [-0.1, -0.05) is 76.2 Å². The highest BCUT2D eigenvalue weighted by Crippen LogP contribution is 2.74. The van der Waals surface area contributed by atoms with E-state index >= 15 is 0 Å². The van der Waals surface area contributed by atoms with Crippen LogP contribution in [-0.2, 0) is 0 Å². The molecule has 0 aromatic rings. The van der Waals surface area contributed by atoms with E-state index in [9.17, 15) is 0 Å². The van der Waals surface area contributed by atoms with Crippen molar-refractivity contribution >= 4 is 0 Å². The molecule has 0 radical (unpaired) electrons. The van der Waals surface area contributed by atoms with Crippen molar-refractivity contribution in [1.82, 2.24) is 0 Å². The summed E-state index contributed by atoms with van der Waals surface area (Å²) in [5.41, 5.74) is 3.94. The van der Waals surface area contributed by atoms with Crippen molar-refractivity contribution in [2.45, 2.75) is 153 Å². The van der Waals surface area contributed by atoms with Gasteiger partial charge >= 0.3 is 0 Å². The second kappa shape index (κ2) is 8.58. The Bertz CT molecular complexity index is 993. The van der Waals surface area contributed by atoms with E-state index in [0.29, 0.717) is 32.5 Å². The van der Waals surface area contributed by atoms with Crippen LogP contribution in [0.2, 0.25) is 0 Å². The number of rotatable bonds is 3. The Labute approximate surface area is 250 Å². The molecule has 0 aromatic heterocycles. The third kappa shape index (κ3) is 3.61. The Morgan fingerprint density at radius 3 is 1.50 bits per heavy atom. The van der Waals surface area contributed by atoms with Gasteiger partial charge in [-0.05, 0) is 175 Å². The lowest BCUT2D eigenvalue weighted by atomic mass is 9.33. The SMILES string of the molecule is CC1(CC2CCC3CC2C3(C)C)CCC2CC1C2(C)C.CC1C2CC(CC1C1(C)CCC3CC1C3(C)C)C2(C)C. The van der Waals surface area contributed by atoms with Gasteiger partial charge in [0.15, 0.2) is 0 Å². The highest BCUT2D eigenvalue weighted by atomic mass is 14.7. The predicted octanol–water partition coefficient (Wildman–Crippen LogP) is 11.7. The van der Waals surface area contributed by atoms with Crippen molar-refractivity contribution in [1.29, 1.82) is 0 Å². The van der Waals surface area contributed by atoms with Gasteiger partial charge in [-0.25, -0.2) is 0 Å². The van der Waals surface area contributed by atoms with Crippen LogP contribution in [0.15, 0.2) is 0 Å². The first-order valence-corrected chi connectivity index (χ1v) is 18.4. The van der Waals surface area contributed by atoms with Crippen LogP contribution in [0.4, 0.5) is 0 Å². The van der Waals surface area contributed by atoms with Crippen molar-refractivity contribution < 1.29 is 0 Å². The first kappa shape index (κ1) is 28.8. The summed E-state index contributed by atoms with van der Waals surface area (Å²) in [6.07, 6.45) is 18.4. The van der Waals surface area contributed by atoms with Gasteiger partial charge in [0.05, 0.1) is 0 Å². The van der Waals surface area contributed by atoms with Gasteiger partial charge in [0.2, 0.25) is 0 Å². The smallest absolute Gasteiger partial charge is 0.0261 e. The van der Waals surface area contributed by atoms with E-state index in [-0.39, 0.29) is 0 Å². The normalized spacial score (nSPS) is 56.6. The first-order chi connectivity index (χ1) is 18.4. The van der Waals surface area contributed by atoms with Crippen LogP contribution in [0.3, 0.4) is 0 Å². The van der Waals surface area contributed by atoms with Gasteiger partial charge in [0, 0.05) is 0 Å². The topological polar surface area (TPSA) is 0 Å². The molecule has 0 spiro atoms. The van der Waals surface area contributed by atoms with Gasteiger partial charge in [0.25, 0.3) is 0 Å². The highest BCUT2D eigenvalue weighted by Gasteiger charge is 2.66. The molecule has 12 saturated carbocycles. The van der Waals surface area contributed by atoms with Gasteiger partial charge in [-0.3, -0.25) is 0 Å². The zero-order valence-electron chi connectivity index (χ0n) is 28.8. The highest BCUT2D eigenvalue weighted by molar-refractivity contribution is 5.15. The lowest BCUT2D eigenvalue weighted by Crippen LogP contribution is -2.64. The summed E-state index contributed by atoms with van der Waals surface area (Å²) in [6.45, 7) is 28.4. The molecule has 12 aliphatic carbocycles. The molecule has 0 saturated heterocycles. The number of hydrogen-bond donors (Lipinski definition) is 0. The fraction of sp³-hybridized carbons (Fsp3) is 1.00. The zero-order chi connectivity index (χ0) is 28.8. The Kier molecular flexibility index (Phi) is 6.17. The fourth-order valence-electron chi connectivity index (χ4n) is 15.2. The maximum Gasteiger partial charge on any atom is -0.0261 e. The third-order valence-corrected chi connectivity index (χ3v) is 18.6. The first-order valence-electron chi connectivity index (χ1n) is 18.4. The summed E-state index contributed by atoms with van der Waals surface area (Å²) >= 11 is 0. The minimum atomic E-state index is 0.643. The average Bonchev–Trinajstić information content (AvgIpc) is 2.87. The molecule has 12 aliphatic rings. The summed E-state index contributed by atoms with van der Waals surface area (Å²) in [6, 6.07) is 0. The summed E-state index contributed by atoms with van der Waals surface area (Å²) in [4.78, 5) is 0. The van der Waals surface area contributed by atoms with Crippen LogP contribution in [0.5, 0.6) is 0 Å². The molecule has 12 fully saturated rings. The Morgan fingerprint density at radius 2 is 1.00 bits per heavy atom. The number of fused-ring (bicyclic) bond motifs is 9. The van der Waals surface area contributed by atoms with E-state index in [1.807, 2.05) is 0 Å². The maximum absolute atomic E-state index is 2.69. The minimum Gasteiger partial charge on any atom is -0.0619 e. The Hall–Kier alpha value is 0. The quantitative estimate of drug-likeness (QED) is 0.329. The Morgan fingerprint density at radius 1 is 0.475 bits per heavy atom. The van der Waals surface area contributed by atoms with Gasteiger partial charge in [-0.15, -0.1) is 0 Å². The van der Waals surface area contributed by atoms with Crippen LogP contribution in [0.1, 0.15) is 153 Å². The summed E-state index contributed by atoms with van der Waals surface area (Å²) in [7, 11) is 0. The molecule has 13 atom stereocenters. The monoisotopic (exact) mass is 549 g/mol. The van der Waals surface area contributed by atoms with Crippen LogP contribution in [0.25, 0.3) is 0 Å². The van der Waals surface area contributed by atoms with E-state index in [1.165, 1.54) is 38.5 Å². The molecule has 0 heterocycles. The van der Waals surface area contributed by atoms with Crippen molar-refractivity contribution in [2.24, 2.45) is 97.6 Å². The molecule has 12 rings (SSSR count). The second-order valence-corrected chi connectivity index (χ2v) is 20.8. The lowest BCUT2D eigenvalue weighted by molar-refractivity contribution is -0.225. The molecule has 40 heavy (non-hydrogen) atoms. The van der Waals surface area contributed by atoms with Gasteiger partial charge in [-0.2, -0.15) is 0 Å². The van der Waals surface area contributed by atoms with E-state index in [0.717, 1.165) is 65.1 Å². The molecule has 13 unspecified atom stereocenters. The fourth-order valence-corrected chi connectivity index (χ4v) is 15.2. The predicted molar refractivity (Wildman–Crippen MR) is 171 cm³/mol. The van der Waals surface area contributed by atoms with E-state index in [4.69, 9.17) is 0 Å². The molecule has 0 aliphatic heterocycles. The van der Waals surface area contributed by atoms with Crippen molar-refractivity contribution in [3.05, 3.63) is 0 Å². The van der Waals surface area contributed by atoms with Crippen LogP contribution < -0.4 is 0 Å². The van der Waals surface area contributed by atoms with Crippen molar-refractivity contribution in [3.8, 4) is 0 Å². The molecular formula is C40H68. The summed E-state index contributed by atoms with van der Waals surface area (Å²) < 4.78 is 0. The molecule has 0 N–H and O–H groups in total. The Balaban J connectivity index is 0.000000132. The molecule has 8 bridgehead atoms. The lowest BCUT2D eigenvalue weighted by Gasteiger charge is -2.71. The summed E-state index contributed by atoms with van der Waals surface area (Å²) in [5.74, 6) is 11.3. The molecule has 0 amide bonds. The van der Waals surface area contributed by atoms with Crippen LogP contribution in [0, 0.1) is 97.6 Å². The molecular weight excluding hydrogens is 480 g/mol. The molecule has 228 valence electrons. The average molecular weight is 549 g/mol. The molecule has 0 aromatic carbocycles. The van der Waals surface area contributed by atoms with Crippen LogP contribution in [-0.4, -0.2) is 0 Å². The maximum atomic E-state index is 2.69. The van der Waals surface area contributed by atoms with Crippen LogP contribution >= 0.6 is 0 Å². The third-order valence-electron chi connectivity index (χ3n) is 18.6. The zero-order valence-corrected chi connectivity index (χ0v) is 28.8. The van der Waals surface area contributed by atoms with E-state index in [2.05, 4.69) is 76.2 Å². The standard InChI is InChI=1S/2C20H34/c1-12-15-9-14(18(15,2)3)10-16(12)20(6)8-7-13-11-17(20)19(13,4)5;1-18(2)14-7-6-13(16(18)10-14)12-20(5)9-8-15-11-17(20)19(15,3)4/h12-17H,7-11H2,1-6H3;13-17H,6-12H2,1-5H3. The molecule has 0 nitrogen and oxygen atoms in total. The van der Waals surface area contributed by atoms with Crippen molar-refractivity contribution in [2.75, 3.05) is 0 Å². The van der Waals surface area contributed by atoms with E-state index < -0.39 is 0 Å². The number of hydrogen-bond acceptors (Lipinski definition) is 0. The second-order valence-electron chi connectivity index (χ2n) is 20.8. The molecule has 0 heteroatoms. The van der Waals surface area contributed by atoms with E-state index in [1.54, 1.807) is 38.5 Å². The minimum absolute atomic E-state index is 0.643.